The summed E-state index contributed by atoms with van der Waals surface area (Å²) in [5, 5.41) is 7.77. The summed E-state index contributed by atoms with van der Waals surface area (Å²) in [6.45, 7) is 0.876. The number of nitrogens with two attached hydrogens (primary N) is 1. The topological polar surface area (TPSA) is 136 Å². The third-order valence-corrected chi connectivity index (χ3v) is 10.1. The first-order valence-electron chi connectivity index (χ1n) is 14.2. The molecule has 0 spiro atoms. The van der Waals surface area contributed by atoms with Gasteiger partial charge in [-0.1, -0.05) is 36.4 Å². The lowest BCUT2D eigenvalue weighted by Gasteiger charge is -2.40. The van der Waals surface area contributed by atoms with Crippen LogP contribution in [0.1, 0.15) is 50.1 Å². The number of anilines is 1. The first-order valence-corrected chi connectivity index (χ1v) is 16.1. The van der Waals surface area contributed by atoms with Crippen LogP contribution < -0.4 is 11.1 Å². The van der Waals surface area contributed by atoms with Crippen LogP contribution in [0.5, 0.6) is 0 Å². The van der Waals surface area contributed by atoms with Crippen molar-refractivity contribution in [3.05, 3.63) is 60.6 Å². The minimum atomic E-state index is -3.71. The number of amides is 1. The number of carbonyl (C=O) groups excluding carboxylic acids is 1. The molecule has 212 valence electrons. The molecule has 11 heteroatoms. The van der Waals surface area contributed by atoms with Crippen LogP contribution in [-0.2, 0) is 14.6 Å². The molecule has 7 rings (SSSR count). The molecule has 1 amide bonds. The number of hydrogen-bond acceptors (Lipinski definition) is 8. The van der Waals surface area contributed by atoms with Crippen LogP contribution in [-0.4, -0.2) is 69.7 Å². The largest absolute Gasteiger partial charge is 0.382 e. The Hall–Kier alpha value is -3.83. The van der Waals surface area contributed by atoms with Crippen molar-refractivity contribution in [2.24, 2.45) is 0 Å². The summed E-state index contributed by atoms with van der Waals surface area (Å²) in [6, 6.07) is 13.9. The van der Waals surface area contributed by atoms with Crippen molar-refractivity contribution >= 4 is 27.2 Å². The van der Waals surface area contributed by atoms with Gasteiger partial charge in [0.1, 0.15) is 10.7 Å². The van der Waals surface area contributed by atoms with E-state index < -0.39 is 9.84 Å². The molecule has 3 fully saturated rings. The number of nitrogens with one attached hydrogen (secondary N) is 1. The summed E-state index contributed by atoms with van der Waals surface area (Å²) in [7, 11) is -3.71. The van der Waals surface area contributed by atoms with Crippen molar-refractivity contribution in [2.45, 2.75) is 67.5 Å². The molecule has 3 aromatic heterocycles. The monoisotopic (exact) mass is 571 g/mol. The van der Waals surface area contributed by atoms with E-state index in [1.165, 1.54) is 10.8 Å². The summed E-state index contributed by atoms with van der Waals surface area (Å²) < 4.78 is 27.6. The fourth-order valence-corrected chi connectivity index (χ4v) is 8.11. The van der Waals surface area contributed by atoms with E-state index in [4.69, 9.17) is 10.7 Å². The van der Waals surface area contributed by atoms with Crippen LogP contribution in [0.3, 0.4) is 0 Å². The number of aromatic nitrogens is 4. The molecule has 6 heterocycles. The van der Waals surface area contributed by atoms with E-state index in [1.807, 2.05) is 42.5 Å². The van der Waals surface area contributed by atoms with Crippen LogP contribution in [0, 0.1) is 0 Å². The number of fused-ring (bicyclic) bond motifs is 3. The van der Waals surface area contributed by atoms with Crippen LogP contribution in [0.25, 0.3) is 28.0 Å². The van der Waals surface area contributed by atoms with Crippen molar-refractivity contribution in [2.75, 3.05) is 18.5 Å². The van der Waals surface area contributed by atoms with Gasteiger partial charge in [0.05, 0.1) is 23.6 Å². The second-order valence-corrected chi connectivity index (χ2v) is 13.5. The Morgan fingerprint density at radius 3 is 2.39 bits per heavy atom. The molecule has 10 nitrogen and oxygen atoms in total. The normalized spacial score (nSPS) is 24.3. The number of hydrogen-bond donors (Lipinski definition) is 2. The SMILES string of the molecule is CS(=O)(=O)c1c(C2C[C@H]3CC[C@@H](C2)N3C(=O)[C@H]2CCCN2)nc2c(-c3ccc(-c4ccccc4)nc3)cnn2c1N. The molecular formula is C30H33N7O3S. The number of piperidine rings is 1. The number of nitrogen functional groups attached to an aromatic ring is 1. The van der Waals surface area contributed by atoms with Gasteiger partial charge in [0.15, 0.2) is 15.5 Å². The molecule has 1 unspecified atom stereocenters. The van der Waals surface area contributed by atoms with Crippen LogP contribution in [0.4, 0.5) is 5.82 Å². The van der Waals surface area contributed by atoms with Gasteiger partial charge in [0.25, 0.3) is 0 Å². The van der Waals surface area contributed by atoms with Gasteiger partial charge in [-0.05, 0) is 51.1 Å². The second-order valence-electron chi connectivity index (χ2n) is 11.5. The molecule has 3 aliphatic rings. The molecular weight excluding hydrogens is 538 g/mol. The zero-order chi connectivity index (χ0) is 28.3. The zero-order valence-electron chi connectivity index (χ0n) is 22.9. The van der Waals surface area contributed by atoms with Gasteiger partial charge in [0.2, 0.25) is 5.91 Å². The van der Waals surface area contributed by atoms with Crippen molar-refractivity contribution in [1.29, 1.82) is 0 Å². The second kappa shape index (κ2) is 9.92. The highest BCUT2D eigenvalue weighted by Crippen LogP contribution is 2.45. The van der Waals surface area contributed by atoms with E-state index >= 15 is 0 Å². The highest BCUT2D eigenvalue weighted by atomic mass is 32.2. The van der Waals surface area contributed by atoms with Crippen molar-refractivity contribution in [1.82, 2.24) is 29.8 Å². The van der Waals surface area contributed by atoms with Crippen molar-refractivity contribution in [3.8, 4) is 22.4 Å². The number of carbonyl (C=O) groups is 1. The average Bonchev–Trinajstić information content (AvgIpc) is 3.71. The quantitative estimate of drug-likeness (QED) is 0.372. The summed E-state index contributed by atoms with van der Waals surface area (Å²) in [4.78, 5) is 25.1. The molecule has 3 aliphatic heterocycles. The van der Waals surface area contributed by atoms with Gasteiger partial charge in [-0.2, -0.15) is 9.61 Å². The molecule has 4 aromatic rings. The van der Waals surface area contributed by atoms with Gasteiger partial charge >= 0.3 is 0 Å². The Morgan fingerprint density at radius 1 is 1.00 bits per heavy atom. The molecule has 3 saturated heterocycles. The Labute approximate surface area is 238 Å². The van der Waals surface area contributed by atoms with E-state index in [9.17, 15) is 13.2 Å². The van der Waals surface area contributed by atoms with Crippen molar-refractivity contribution < 1.29 is 13.2 Å². The summed E-state index contributed by atoms with van der Waals surface area (Å²) >= 11 is 0. The van der Waals surface area contributed by atoms with Gasteiger partial charge in [-0.15, -0.1) is 0 Å². The van der Waals surface area contributed by atoms with Gasteiger partial charge < -0.3 is 16.0 Å². The third kappa shape index (κ3) is 4.47. The molecule has 41 heavy (non-hydrogen) atoms. The Bertz CT molecular complexity index is 1720. The highest BCUT2D eigenvalue weighted by Gasteiger charge is 2.47. The number of rotatable bonds is 5. The lowest BCUT2D eigenvalue weighted by molar-refractivity contribution is -0.137. The standard InChI is InChI=1S/C30H33N7O3S/c1-41(39,40)27-26(20-14-21-10-11-22(15-20)36(21)30(38)25-8-5-13-32-25)35-29-23(17-34-37(29)28(27)31)19-9-12-24(33-16-19)18-6-3-2-4-7-18/h2-4,6-7,9,12,16-17,20-22,25,32H,5,8,10-11,13-15,31H2,1H3/t20?,21-,22+,25-/m1/s1. The molecule has 0 aliphatic carbocycles. The fraction of sp³-hybridized carbons (Fsp3) is 0.400. The van der Waals surface area contributed by atoms with Gasteiger partial charge in [-0.25, -0.2) is 13.4 Å². The van der Waals surface area contributed by atoms with Crippen molar-refractivity contribution in [3.63, 3.8) is 0 Å². The van der Waals surface area contributed by atoms with E-state index in [0.29, 0.717) is 24.2 Å². The predicted octanol–water partition coefficient (Wildman–Crippen LogP) is 3.43. The van der Waals surface area contributed by atoms with Crippen LogP contribution in [0.15, 0.2) is 59.8 Å². The minimum absolute atomic E-state index is 0.0406. The van der Waals surface area contributed by atoms with E-state index in [1.54, 1.807) is 12.4 Å². The Balaban J connectivity index is 1.27. The number of benzene rings is 1. The Kier molecular flexibility index (Phi) is 6.31. The predicted molar refractivity (Wildman–Crippen MR) is 156 cm³/mol. The fourth-order valence-electron chi connectivity index (χ4n) is 7.05. The molecule has 1 aromatic carbocycles. The van der Waals surface area contributed by atoms with Crippen LogP contribution in [0.2, 0.25) is 0 Å². The first kappa shape index (κ1) is 26.1. The molecule has 0 radical (unpaired) electrons. The smallest absolute Gasteiger partial charge is 0.240 e. The summed E-state index contributed by atoms with van der Waals surface area (Å²) in [5.74, 6) is 0.115. The first-order chi connectivity index (χ1) is 19.8. The van der Waals surface area contributed by atoms with Gasteiger partial charge in [-0.3, -0.25) is 9.78 Å². The number of sulfone groups is 1. The maximum absolute atomic E-state index is 13.4. The minimum Gasteiger partial charge on any atom is -0.382 e. The van der Waals surface area contributed by atoms with E-state index in [-0.39, 0.29) is 40.7 Å². The molecule has 4 atom stereocenters. The summed E-state index contributed by atoms with van der Waals surface area (Å²) in [5.41, 5.74) is 10.9. The molecule has 3 N–H and O–H groups in total. The maximum atomic E-state index is 13.4. The van der Waals surface area contributed by atoms with Gasteiger partial charge in [0, 0.05) is 47.1 Å². The average molecular weight is 572 g/mol. The molecule has 0 saturated carbocycles. The highest BCUT2D eigenvalue weighted by molar-refractivity contribution is 7.91. The van der Waals surface area contributed by atoms with E-state index in [2.05, 4.69) is 20.3 Å². The number of nitrogens with zero attached hydrogens (tertiary/aromatic N) is 5. The lowest BCUT2D eigenvalue weighted by Crippen LogP contribution is -2.52. The summed E-state index contributed by atoms with van der Waals surface area (Å²) in [6.07, 6.45) is 9.67. The number of pyridine rings is 1. The van der Waals surface area contributed by atoms with Crippen LogP contribution >= 0.6 is 0 Å². The zero-order valence-corrected chi connectivity index (χ0v) is 23.7. The maximum Gasteiger partial charge on any atom is 0.240 e. The Morgan fingerprint density at radius 2 is 1.76 bits per heavy atom. The van der Waals surface area contributed by atoms with E-state index in [0.717, 1.165) is 54.6 Å². The third-order valence-electron chi connectivity index (χ3n) is 8.91. The lowest BCUT2D eigenvalue weighted by atomic mass is 9.87. The molecule has 2 bridgehead atoms.